The molecule has 3 rings (SSSR count). The number of rotatable bonds is 4. The van der Waals surface area contributed by atoms with Gasteiger partial charge in [-0.15, -0.1) is 0 Å². The summed E-state index contributed by atoms with van der Waals surface area (Å²) in [5.41, 5.74) is 0.737. The Hall–Kier alpha value is -1.41. The van der Waals surface area contributed by atoms with E-state index in [1.807, 2.05) is 6.92 Å². The van der Waals surface area contributed by atoms with Crippen molar-refractivity contribution in [1.82, 2.24) is 15.0 Å². The van der Waals surface area contributed by atoms with Gasteiger partial charge in [-0.25, -0.2) is 8.42 Å². The number of fused-ring (bicyclic) bond motifs is 1. The number of carbonyl (C=O) groups is 1. The molecular weight excluding hydrogens is 330 g/mol. The topological polar surface area (TPSA) is 83.7 Å². The van der Waals surface area contributed by atoms with Gasteiger partial charge in [-0.05, 0) is 12.8 Å². The van der Waals surface area contributed by atoms with Crippen LogP contribution in [0.15, 0.2) is 10.6 Å². The summed E-state index contributed by atoms with van der Waals surface area (Å²) in [5.74, 6) is 1.12. The molecule has 2 fully saturated rings. The molecule has 0 radical (unpaired) electrons. The molecule has 134 valence electrons. The van der Waals surface area contributed by atoms with Gasteiger partial charge in [0.05, 0.1) is 29.7 Å². The summed E-state index contributed by atoms with van der Waals surface area (Å²) in [4.78, 5) is 16.7. The van der Waals surface area contributed by atoms with Gasteiger partial charge >= 0.3 is 0 Å². The fourth-order valence-corrected chi connectivity index (χ4v) is 5.79. The SMILES string of the molecule is Cc1cc(CC(=O)N2CCN(CC(C)C)[C@@H]3CS(=O)(=O)C[C@@H]32)on1. The maximum absolute atomic E-state index is 12.7. The van der Waals surface area contributed by atoms with Crippen LogP contribution in [0.4, 0.5) is 0 Å². The molecule has 0 N–H and O–H groups in total. The molecule has 0 aliphatic carbocycles. The highest BCUT2D eigenvalue weighted by atomic mass is 32.2. The lowest BCUT2D eigenvalue weighted by Gasteiger charge is -2.44. The Morgan fingerprint density at radius 1 is 1.33 bits per heavy atom. The first kappa shape index (κ1) is 17.4. The molecule has 3 heterocycles. The molecule has 7 nitrogen and oxygen atoms in total. The van der Waals surface area contributed by atoms with Crippen LogP contribution in [0.1, 0.15) is 25.3 Å². The van der Waals surface area contributed by atoms with E-state index in [1.54, 1.807) is 11.0 Å². The molecule has 24 heavy (non-hydrogen) atoms. The molecule has 0 bridgehead atoms. The maximum atomic E-state index is 12.7. The highest BCUT2D eigenvalue weighted by Crippen LogP contribution is 2.28. The predicted octanol–water partition coefficient (Wildman–Crippen LogP) is 0.491. The first-order valence-corrected chi connectivity index (χ1v) is 10.2. The van der Waals surface area contributed by atoms with Gasteiger partial charge in [-0.1, -0.05) is 19.0 Å². The highest BCUT2D eigenvalue weighted by molar-refractivity contribution is 7.91. The number of piperazine rings is 1. The van der Waals surface area contributed by atoms with Crippen LogP contribution in [0.25, 0.3) is 0 Å². The Morgan fingerprint density at radius 2 is 2.04 bits per heavy atom. The first-order valence-electron chi connectivity index (χ1n) is 8.41. The summed E-state index contributed by atoms with van der Waals surface area (Å²) in [6, 6.07) is 1.40. The van der Waals surface area contributed by atoms with E-state index >= 15 is 0 Å². The van der Waals surface area contributed by atoms with E-state index in [-0.39, 0.29) is 35.9 Å². The van der Waals surface area contributed by atoms with Crippen LogP contribution in [0.5, 0.6) is 0 Å². The van der Waals surface area contributed by atoms with Gasteiger partial charge in [0.15, 0.2) is 9.84 Å². The predicted molar refractivity (Wildman–Crippen MR) is 89.3 cm³/mol. The Labute approximate surface area is 142 Å². The minimum absolute atomic E-state index is 0.0629. The van der Waals surface area contributed by atoms with Gasteiger partial charge in [0, 0.05) is 31.7 Å². The molecule has 0 saturated carbocycles. The molecule has 0 aromatic carbocycles. The van der Waals surface area contributed by atoms with Crippen molar-refractivity contribution in [1.29, 1.82) is 0 Å². The average Bonchev–Trinajstić information content (AvgIpc) is 3.00. The van der Waals surface area contributed by atoms with Crippen LogP contribution < -0.4 is 0 Å². The van der Waals surface area contributed by atoms with E-state index in [0.29, 0.717) is 18.2 Å². The van der Waals surface area contributed by atoms with Crippen molar-refractivity contribution >= 4 is 15.7 Å². The summed E-state index contributed by atoms with van der Waals surface area (Å²) in [5, 5.41) is 3.80. The normalized spacial score (nSPS) is 26.8. The molecule has 0 spiro atoms. The minimum atomic E-state index is -3.10. The summed E-state index contributed by atoms with van der Waals surface area (Å²) < 4.78 is 29.5. The number of aromatic nitrogens is 1. The number of aryl methyl sites for hydroxylation is 1. The van der Waals surface area contributed by atoms with Crippen molar-refractivity contribution < 1.29 is 17.7 Å². The molecule has 2 saturated heterocycles. The van der Waals surface area contributed by atoms with Crippen molar-refractivity contribution in [2.45, 2.75) is 39.3 Å². The smallest absolute Gasteiger partial charge is 0.230 e. The molecule has 1 aromatic heterocycles. The Balaban J connectivity index is 1.76. The maximum Gasteiger partial charge on any atom is 0.230 e. The largest absolute Gasteiger partial charge is 0.361 e. The highest BCUT2D eigenvalue weighted by Gasteiger charge is 2.47. The Bertz CT molecular complexity index is 713. The molecule has 2 aliphatic rings. The Kier molecular flexibility index (Phi) is 4.70. The lowest BCUT2D eigenvalue weighted by molar-refractivity contribution is -0.136. The minimum Gasteiger partial charge on any atom is -0.361 e. The van der Waals surface area contributed by atoms with Crippen LogP contribution >= 0.6 is 0 Å². The monoisotopic (exact) mass is 355 g/mol. The van der Waals surface area contributed by atoms with E-state index < -0.39 is 9.84 Å². The fourth-order valence-electron chi connectivity index (χ4n) is 3.78. The summed E-state index contributed by atoms with van der Waals surface area (Å²) in [7, 11) is -3.10. The second kappa shape index (κ2) is 6.48. The van der Waals surface area contributed by atoms with E-state index in [4.69, 9.17) is 4.52 Å². The number of hydrogen-bond donors (Lipinski definition) is 0. The van der Waals surface area contributed by atoms with E-state index in [0.717, 1.165) is 18.8 Å². The summed E-state index contributed by atoms with van der Waals surface area (Å²) in [6.07, 6.45) is 0.133. The number of amides is 1. The van der Waals surface area contributed by atoms with Crippen molar-refractivity contribution in [3.63, 3.8) is 0 Å². The lowest BCUT2D eigenvalue weighted by Crippen LogP contribution is -2.61. The van der Waals surface area contributed by atoms with Gasteiger partial charge in [0.25, 0.3) is 0 Å². The standard InChI is InChI=1S/C16H25N3O4S/c1-11(2)8-18-4-5-19(15-10-24(21,22)9-14(15)18)16(20)7-13-6-12(3)17-23-13/h6,11,14-15H,4-5,7-10H2,1-3H3/t14-,15+/m1/s1. The van der Waals surface area contributed by atoms with Crippen molar-refractivity contribution in [2.24, 2.45) is 5.92 Å². The molecule has 1 amide bonds. The van der Waals surface area contributed by atoms with E-state index in [1.165, 1.54) is 0 Å². The zero-order valence-electron chi connectivity index (χ0n) is 14.4. The van der Waals surface area contributed by atoms with Crippen LogP contribution in [0.3, 0.4) is 0 Å². The third kappa shape index (κ3) is 3.64. The number of nitrogens with zero attached hydrogens (tertiary/aromatic N) is 3. The van der Waals surface area contributed by atoms with Crippen LogP contribution in [0, 0.1) is 12.8 Å². The van der Waals surface area contributed by atoms with Gasteiger partial charge in [0.2, 0.25) is 5.91 Å². The number of sulfone groups is 1. The van der Waals surface area contributed by atoms with Crippen LogP contribution in [-0.4, -0.2) is 72.5 Å². The molecule has 2 atom stereocenters. The van der Waals surface area contributed by atoms with E-state index in [9.17, 15) is 13.2 Å². The quantitative estimate of drug-likeness (QED) is 0.782. The number of hydrogen-bond acceptors (Lipinski definition) is 6. The number of carbonyl (C=O) groups excluding carboxylic acids is 1. The fraction of sp³-hybridized carbons (Fsp3) is 0.750. The van der Waals surface area contributed by atoms with Crippen LogP contribution in [0.2, 0.25) is 0 Å². The summed E-state index contributed by atoms with van der Waals surface area (Å²) in [6.45, 7) is 8.21. The molecule has 0 unspecified atom stereocenters. The van der Waals surface area contributed by atoms with Crippen molar-refractivity contribution in [2.75, 3.05) is 31.1 Å². The molecule has 8 heteroatoms. The third-order valence-corrected chi connectivity index (χ3v) is 6.41. The zero-order chi connectivity index (χ0) is 17.5. The Morgan fingerprint density at radius 3 is 2.67 bits per heavy atom. The lowest BCUT2D eigenvalue weighted by atomic mass is 10.0. The van der Waals surface area contributed by atoms with Crippen molar-refractivity contribution in [3.8, 4) is 0 Å². The molecule has 1 aromatic rings. The first-order chi connectivity index (χ1) is 11.2. The second-order valence-electron chi connectivity index (χ2n) is 7.30. The second-order valence-corrected chi connectivity index (χ2v) is 9.45. The van der Waals surface area contributed by atoms with Gasteiger partial charge in [-0.2, -0.15) is 0 Å². The van der Waals surface area contributed by atoms with Gasteiger partial charge in [-0.3, -0.25) is 9.69 Å². The third-order valence-electron chi connectivity index (χ3n) is 4.71. The van der Waals surface area contributed by atoms with Gasteiger partial charge < -0.3 is 9.42 Å². The van der Waals surface area contributed by atoms with Gasteiger partial charge in [0.1, 0.15) is 5.76 Å². The van der Waals surface area contributed by atoms with Crippen LogP contribution in [-0.2, 0) is 21.1 Å². The molecular formula is C16H25N3O4S. The zero-order valence-corrected chi connectivity index (χ0v) is 15.3. The van der Waals surface area contributed by atoms with Crippen molar-refractivity contribution in [3.05, 3.63) is 17.5 Å². The summed E-state index contributed by atoms with van der Waals surface area (Å²) >= 11 is 0. The van der Waals surface area contributed by atoms with E-state index in [2.05, 4.69) is 23.9 Å². The molecule has 2 aliphatic heterocycles. The average molecular weight is 355 g/mol.